The van der Waals surface area contributed by atoms with Gasteiger partial charge in [0, 0.05) is 5.56 Å². The van der Waals surface area contributed by atoms with Gasteiger partial charge in [0.1, 0.15) is 16.5 Å². The number of anilines is 2. The van der Waals surface area contributed by atoms with Gasteiger partial charge in [0.25, 0.3) is 11.7 Å². The molecule has 0 bridgehead atoms. The van der Waals surface area contributed by atoms with Crippen LogP contribution in [0.5, 0.6) is 0 Å². The lowest BCUT2D eigenvalue weighted by Crippen LogP contribution is -2.13. The van der Waals surface area contributed by atoms with Gasteiger partial charge in [0.05, 0.1) is 11.1 Å². The standard InChI is InChI=1S/C16H13N5OS/c1-7-2-4-8(5-3-7)10-9(6-17)14(19)21-16-11(10)12(18)13(23-16)15(20)22/h2-5H,18H2,1H3,(H2,19,21)(H2,20,22)/p+1. The zero-order valence-electron chi connectivity index (χ0n) is 12.3. The van der Waals surface area contributed by atoms with Crippen LogP contribution < -0.4 is 22.2 Å². The monoisotopic (exact) mass is 324 g/mol. The Labute approximate surface area is 136 Å². The summed E-state index contributed by atoms with van der Waals surface area (Å²) >= 11 is 1.13. The van der Waals surface area contributed by atoms with E-state index < -0.39 is 5.91 Å². The van der Waals surface area contributed by atoms with Crippen LogP contribution in [0, 0.1) is 18.3 Å². The molecule has 0 radical (unpaired) electrons. The number of primary amides is 1. The third-order valence-electron chi connectivity index (χ3n) is 3.64. The maximum absolute atomic E-state index is 11.6. The summed E-state index contributed by atoms with van der Waals surface area (Å²) in [5, 5.41) is 10.1. The number of pyridine rings is 1. The molecule has 6 nitrogen and oxygen atoms in total. The molecule has 0 saturated heterocycles. The second-order valence-corrected chi connectivity index (χ2v) is 6.20. The topological polar surface area (TPSA) is 133 Å². The van der Waals surface area contributed by atoms with E-state index in [1.807, 2.05) is 31.2 Å². The van der Waals surface area contributed by atoms with Gasteiger partial charge in [-0.1, -0.05) is 41.2 Å². The lowest BCUT2D eigenvalue weighted by molar-refractivity contribution is -0.323. The molecular formula is C16H14N5OS+. The number of amides is 1. The molecule has 0 spiro atoms. The van der Waals surface area contributed by atoms with E-state index in [0.717, 1.165) is 22.5 Å². The predicted molar refractivity (Wildman–Crippen MR) is 90.6 cm³/mol. The number of nitriles is 1. The van der Waals surface area contributed by atoms with Gasteiger partial charge in [0.2, 0.25) is 0 Å². The van der Waals surface area contributed by atoms with Crippen molar-refractivity contribution in [2.45, 2.75) is 6.92 Å². The lowest BCUT2D eigenvalue weighted by atomic mass is 9.96. The van der Waals surface area contributed by atoms with Crippen LogP contribution in [0.15, 0.2) is 24.3 Å². The molecule has 1 aromatic carbocycles. The van der Waals surface area contributed by atoms with E-state index in [4.69, 9.17) is 17.2 Å². The summed E-state index contributed by atoms with van der Waals surface area (Å²) in [6.45, 7) is 1.97. The first-order valence-corrected chi connectivity index (χ1v) is 7.59. The maximum atomic E-state index is 11.6. The van der Waals surface area contributed by atoms with E-state index in [1.165, 1.54) is 0 Å². The largest absolute Gasteiger partial charge is 0.397 e. The molecule has 0 unspecified atom stereocenters. The third kappa shape index (κ3) is 2.25. The molecule has 3 rings (SSSR count). The van der Waals surface area contributed by atoms with Crippen molar-refractivity contribution in [3.8, 4) is 17.2 Å². The summed E-state index contributed by atoms with van der Waals surface area (Å²) in [5.41, 5.74) is 20.5. The molecule has 114 valence electrons. The smallest absolute Gasteiger partial charge is 0.290 e. The fraction of sp³-hybridized carbons (Fsp3) is 0.0625. The van der Waals surface area contributed by atoms with Crippen LogP contribution in [-0.4, -0.2) is 5.91 Å². The molecule has 2 aromatic heterocycles. The van der Waals surface area contributed by atoms with Crippen molar-refractivity contribution in [2.75, 3.05) is 11.5 Å². The molecule has 7 N–H and O–H groups in total. The molecule has 0 fully saturated rings. The number of carbonyl (C=O) groups is 1. The van der Waals surface area contributed by atoms with Crippen LogP contribution >= 0.6 is 11.3 Å². The highest BCUT2D eigenvalue weighted by Gasteiger charge is 2.25. The fourth-order valence-corrected chi connectivity index (χ4v) is 3.52. The van der Waals surface area contributed by atoms with Crippen LogP contribution in [0.4, 0.5) is 11.5 Å². The predicted octanol–water partition coefficient (Wildman–Crippen LogP) is 1.83. The van der Waals surface area contributed by atoms with Gasteiger partial charge >= 0.3 is 0 Å². The fourth-order valence-electron chi connectivity index (χ4n) is 2.53. The molecule has 3 aromatic rings. The second-order valence-electron chi connectivity index (χ2n) is 5.18. The quantitative estimate of drug-likeness (QED) is 0.663. The van der Waals surface area contributed by atoms with E-state index in [1.54, 1.807) is 0 Å². The van der Waals surface area contributed by atoms with Gasteiger partial charge in [-0.3, -0.25) is 10.5 Å². The van der Waals surface area contributed by atoms with Crippen molar-refractivity contribution < 1.29 is 9.78 Å². The third-order valence-corrected chi connectivity index (χ3v) is 4.77. The highest BCUT2D eigenvalue weighted by molar-refractivity contribution is 7.20. The van der Waals surface area contributed by atoms with Crippen molar-refractivity contribution in [1.82, 2.24) is 0 Å². The van der Waals surface area contributed by atoms with Crippen LogP contribution in [0.1, 0.15) is 20.8 Å². The molecular weight excluding hydrogens is 310 g/mol. The summed E-state index contributed by atoms with van der Waals surface area (Å²) in [7, 11) is 0. The Morgan fingerprint density at radius 3 is 2.48 bits per heavy atom. The number of rotatable bonds is 2. The Morgan fingerprint density at radius 2 is 1.91 bits per heavy atom. The van der Waals surface area contributed by atoms with Crippen molar-refractivity contribution in [3.63, 3.8) is 0 Å². The lowest BCUT2D eigenvalue weighted by Gasteiger charge is -2.07. The minimum Gasteiger partial charge on any atom is -0.397 e. The zero-order valence-corrected chi connectivity index (χ0v) is 13.1. The number of nitrogens with two attached hydrogens (primary N) is 3. The average molecular weight is 324 g/mol. The molecule has 0 saturated carbocycles. The first kappa shape index (κ1) is 14.8. The van der Waals surface area contributed by atoms with E-state index in [2.05, 4.69) is 11.1 Å². The van der Waals surface area contributed by atoms with Gasteiger partial charge in [0.15, 0.2) is 4.83 Å². The van der Waals surface area contributed by atoms with E-state index in [-0.39, 0.29) is 16.4 Å². The molecule has 1 amide bonds. The molecule has 23 heavy (non-hydrogen) atoms. The first-order valence-electron chi connectivity index (χ1n) is 6.77. The number of thiophene rings is 1. The second kappa shape index (κ2) is 5.26. The van der Waals surface area contributed by atoms with Gasteiger partial charge in [-0.2, -0.15) is 5.26 Å². The highest BCUT2D eigenvalue weighted by Crippen LogP contribution is 2.40. The van der Waals surface area contributed by atoms with E-state index in [0.29, 0.717) is 21.3 Å². The molecule has 7 heteroatoms. The molecule has 0 aliphatic heterocycles. The maximum Gasteiger partial charge on any atom is 0.290 e. The number of H-pyrrole nitrogens is 1. The summed E-state index contributed by atoms with van der Waals surface area (Å²) in [5.74, 6) is -0.378. The van der Waals surface area contributed by atoms with Gasteiger partial charge < -0.3 is 11.5 Å². The molecule has 2 heterocycles. The Bertz CT molecular complexity index is 983. The van der Waals surface area contributed by atoms with E-state index in [9.17, 15) is 10.1 Å². The van der Waals surface area contributed by atoms with Crippen LogP contribution in [0.3, 0.4) is 0 Å². The molecule has 0 atom stereocenters. The highest BCUT2D eigenvalue weighted by atomic mass is 32.1. The van der Waals surface area contributed by atoms with Gasteiger partial charge in [-0.05, 0) is 12.5 Å². The number of nitrogens with one attached hydrogen (secondary N) is 1. The minimum absolute atomic E-state index is 0.229. The molecule has 0 aliphatic carbocycles. The first-order chi connectivity index (χ1) is 10.9. The van der Waals surface area contributed by atoms with Crippen LogP contribution in [-0.2, 0) is 0 Å². The summed E-state index contributed by atoms with van der Waals surface area (Å²) in [6, 6.07) is 9.77. The summed E-state index contributed by atoms with van der Waals surface area (Å²) in [6.07, 6.45) is 0. The van der Waals surface area contributed by atoms with Crippen molar-refractivity contribution in [2.24, 2.45) is 5.73 Å². The normalized spacial score (nSPS) is 10.6. The van der Waals surface area contributed by atoms with Crippen LogP contribution in [0.25, 0.3) is 21.3 Å². The number of nitrogen functional groups attached to an aromatic ring is 2. The Kier molecular flexibility index (Phi) is 3.39. The number of benzene rings is 1. The number of aryl methyl sites for hydroxylation is 1. The number of carbonyl (C=O) groups excluding carboxylic acids is 1. The number of aromatic nitrogens is 1. The Morgan fingerprint density at radius 1 is 1.26 bits per heavy atom. The Balaban J connectivity index is 2.48. The number of hydrogen-bond acceptors (Lipinski definition) is 5. The number of hydrogen-bond donors (Lipinski definition) is 3. The number of fused-ring (bicyclic) bond motifs is 1. The zero-order chi connectivity index (χ0) is 16.7. The molecule has 0 aliphatic rings. The Hall–Kier alpha value is -3.11. The minimum atomic E-state index is -0.607. The summed E-state index contributed by atoms with van der Waals surface area (Å²) in [4.78, 5) is 15.4. The summed E-state index contributed by atoms with van der Waals surface area (Å²) < 4.78 is 0. The number of nitrogens with zero attached hydrogens (tertiary/aromatic N) is 1. The van der Waals surface area contributed by atoms with Crippen LogP contribution in [0.2, 0.25) is 0 Å². The number of aromatic amines is 1. The SMILES string of the molecule is Cc1ccc(-c2c(C#N)c(N)[nH+]c3sc(C(N)=O)c(N)c23)cc1. The average Bonchev–Trinajstić information content (AvgIpc) is 2.83. The van der Waals surface area contributed by atoms with Crippen molar-refractivity contribution in [3.05, 3.63) is 40.3 Å². The van der Waals surface area contributed by atoms with E-state index >= 15 is 0 Å². The van der Waals surface area contributed by atoms with Gasteiger partial charge in [-0.25, -0.2) is 4.98 Å². The van der Waals surface area contributed by atoms with Crippen molar-refractivity contribution in [1.29, 1.82) is 5.26 Å². The van der Waals surface area contributed by atoms with Crippen molar-refractivity contribution >= 4 is 39.0 Å². The van der Waals surface area contributed by atoms with Gasteiger partial charge in [-0.15, -0.1) is 0 Å².